The Morgan fingerprint density at radius 1 is 1.42 bits per heavy atom. The summed E-state index contributed by atoms with van der Waals surface area (Å²) in [5.41, 5.74) is -0.510. The molecular formula is C13H15BrN2O3. The summed E-state index contributed by atoms with van der Waals surface area (Å²) in [5, 5.41) is 11.9. The monoisotopic (exact) mass is 326 g/mol. The van der Waals surface area contributed by atoms with Crippen LogP contribution in [0.4, 0.5) is 0 Å². The Balaban J connectivity index is 1.82. The molecule has 0 unspecified atom stereocenters. The maximum absolute atomic E-state index is 12.3. The molecule has 2 aliphatic rings. The third kappa shape index (κ3) is 2.18. The number of carboxylic acid groups (broad SMARTS) is 1. The predicted octanol–water partition coefficient (Wildman–Crippen LogP) is 2.32. The normalized spacial score (nSPS) is 20.7. The Kier molecular flexibility index (Phi) is 2.92. The number of carboxylic acids is 1. The van der Waals surface area contributed by atoms with Crippen LogP contribution in [0.5, 0.6) is 0 Å². The van der Waals surface area contributed by atoms with Gasteiger partial charge in [-0.15, -0.1) is 0 Å². The van der Waals surface area contributed by atoms with Gasteiger partial charge in [0.1, 0.15) is 11.2 Å². The fraction of sp³-hybridized carbons (Fsp3) is 0.538. The first kappa shape index (κ1) is 12.7. The molecule has 5 nitrogen and oxygen atoms in total. The van der Waals surface area contributed by atoms with Gasteiger partial charge in [0.15, 0.2) is 0 Å². The summed E-state index contributed by atoms with van der Waals surface area (Å²) in [7, 11) is 0. The fourth-order valence-corrected chi connectivity index (χ4v) is 2.92. The Hall–Kier alpha value is -1.30. The minimum absolute atomic E-state index is 0.292. The Morgan fingerprint density at radius 2 is 2.11 bits per heavy atom. The molecule has 1 amide bonds. The van der Waals surface area contributed by atoms with Crippen molar-refractivity contribution in [3.63, 3.8) is 0 Å². The van der Waals surface area contributed by atoms with Gasteiger partial charge < -0.3 is 15.0 Å². The van der Waals surface area contributed by atoms with Gasteiger partial charge in [0.2, 0.25) is 0 Å². The van der Waals surface area contributed by atoms with Crippen molar-refractivity contribution in [3.8, 4) is 0 Å². The standard InChI is InChI=1S/C13H15BrN2O3/c14-8-6-10(16(7-8)9-2-3-9)11(17)15-13(12(18)19)4-1-5-13/h6-7,9H,1-5H2,(H,15,17)(H,18,19). The minimum atomic E-state index is -1.05. The molecule has 2 fully saturated rings. The first-order valence-corrected chi connectivity index (χ1v) is 7.24. The summed E-state index contributed by atoms with van der Waals surface area (Å²) in [6.07, 6.45) is 5.91. The molecule has 0 radical (unpaired) electrons. The lowest BCUT2D eigenvalue weighted by molar-refractivity contribution is -0.148. The van der Waals surface area contributed by atoms with E-state index in [0.29, 0.717) is 24.6 Å². The van der Waals surface area contributed by atoms with Crippen LogP contribution < -0.4 is 5.32 Å². The highest BCUT2D eigenvalue weighted by atomic mass is 79.9. The molecule has 2 aliphatic carbocycles. The fourth-order valence-electron chi connectivity index (χ4n) is 2.49. The van der Waals surface area contributed by atoms with E-state index in [2.05, 4.69) is 21.2 Å². The number of amides is 1. The number of rotatable bonds is 4. The van der Waals surface area contributed by atoms with Crippen LogP contribution in [-0.2, 0) is 4.79 Å². The second kappa shape index (κ2) is 4.37. The van der Waals surface area contributed by atoms with Crippen LogP contribution in [-0.4, -0.2) is 27.1 Å². The van der Waals surface area contributed by atoms with Crippen LogP contribution in [0.1, 0.15) is 48.6 Å². The Labute approximate surface area is 119 Å². The maximum Gasteiger partial charge on any atom is 0.329 e. The number of halogens is 1. The molecule has 0 aromatic carbocycles. The van der Waals surface area contributed by atoms with Crippen LogP contribution in [0.15, 0.2) is 16.7 Å². The van der Waals surface area contributed by atoms with E-state index < -0.39 is 11.5 Å². The third-order valence-corrected chi connectivity index (χ3v) is 4.39. The zero-order valence-electron chi connectivity index (χ0n) is 10.4. The molecule has 1 aromatic rings. The number of nitrogens with one attached hydrogen (secondary N) is 1. The molecule has 0 bridgehead atoms. The van der Waals surface area contributed by atoms with Crippen molar-refractivity contribution in [1.82, 2.24) is 9.88 Å². The molecular weight excluding hydrogens is 312 g/mol. The number of nitrogens with zero attached hydrogens (tertiary/aromatic N) is 1. The molecule has 0 aliphatic heterocycles. The number of hydrogen-bond donors (Lipinski definition) is 2. The van der Waals surface area contributed by atoms with Gasteiger partial charge in [-0.2, -0.15) is 0 Å². The van der Waals surface area contributed by atoms with Crippen molar-refractivity contribution in [2.45, 2.75) is 43.7 Å². The number of hydrogen-bond acceptors (Lipinski definition) is 2. The van der Waals surface area contributed by atoms with Gasteiger partial charge in [-0.05, 0) is 54.1 Å². The predicted molar refractivity (Wildman–Crippen MR) is 72.1 cm³/mol. The summed E-state index contributed by atoms with van der Waals surface area (Å²) < 4.78 is 2.79. The van der Waals surface area contributed by atoms with Gasteiger partial charge >= 0.3 is 5.97 Å². The highest BCUT2D eigenvalue weighted by molar-refractivity contribution is 9.10. The zero-order chi connectivity index (χ0) is 13.6. The van der Waals surface area contributed by atoms with Crippen molar-refractivity contribution in [2.75, 3.05) is 0 Å². The summed E-state index contributed by atoms with van der Waals surface area (Å²) in [4.78, 5) is 23.6. The van der Waals surface area contributed by atoms with Crippen LogP contribution in [0, 0.1) is 0 Å². The van der Waals surface area contributed by atoms with E-state index in [1.165, 1.54) is 0 Å². The lowest BCUT2D eigenvalue weighted by atomic mass is 9.76. The number of carbonyl (C=O) groups excluding carboxylic acids is 1. The Bertz CT molecular complexity index is 544. The van der Waals surface area contributed by atoms with Crippen LogP contribution >= 0.6 is 15.9 Å². The summed E-state index contributed by atoms with van der Waals surface area (Å²) in [6.45, 7) is 0. The third-order valence-electron chi connectivity index (χ3n) is 3.96. The van der Waals surface area contributed by atoms with Crippen molar-refractivity contribution in [2.24, 2.45) is 0 Å². The van der Waals surface area contributed by atoms with Gasteiger partial charge in [0.05, 0.1) is 0 Å². The van der Waals surface area contributed by atoms with Crippen LogP contribution in [0.2, 0.25) is 0 Å². The van der Waals surface area contributed by atoms with Crippen molar-refractivity contribution in [1.29, 1.82) is 0 Å². The van der Waals surface area contributed by atoms with Crippen molar-refractivity contribution in [3.05, 3.63) is 22.4 Å². The lowest BCUT2D eigenvalue weighted by Crippen LogP contribution is -2.59. The molecule has 2 N–H and O–H groups in total. The first-order valence-electron chi connectivity index (χ1n) is 6.45. The number of aromatic nitrogens is 1. The van der Waals surface area contributed by atoms with E-state index in [9.17, 15) is 14.7 Å². The Morgan fingerprint density at radius 3 is 2.58 bits per heavy atom. The molecule has 19 heavy (non-hydrogen) atoms. The maximum atomic E-state index is 12.3. The summed E-state index contributed by atoms with van der Waals surface area (Å²) in [5.74, 6) is -1.23. The average molecular weight is 327 g/mol. The van der Waals surface area contributed by atoms with Gasteiger partial charge in [-0.3, -0.25) is 4.79 Å². The first-order chi connectivity index (χ1) is 9.02. The van der Waals surface area contributed by atoms with Gasteiger partial charge in [0.25, 0.3) is 5.91 Å². The molecule has 0 atom stereocenters. The van der Waals surface area contributed by atoms with E-state index in [-0.39, 0.29) is 5.91 Å². The molecule has 3 rings (SSSR count). The molecule has 102 valence electrons. The second-order valence-electron chi connectivity index (χ2n) is 5.38. The zero-order valence-corrected chi connectivity index (χ0v) is 11.9. The van der Waals surface area contributed by atoms with Gasteiger partial charge in [-0.1, -0.05) is 0 Å². The van der Waals surface area contributed by atoms with E-state index in [1.54, 1.807) is 6.07 Å². The largest absolute Gasteiger partial charge is 0.480 e. The summed E-state index contributed by atoms with van der Waals surface area (Å²) in [6, 6.07) is 2.14. The summed E-state index contributed by atoms with van der Waals surface area (Å²) >= 11 is 3.37. The topological polar surface area (TPSA) is 71.3 Å². The smallest absolute Gasteiger partial charge is 0.329 e. The van der Waals surface area contributed by atoms with E-state index in [1.807, 2.05) is 10.8 Å². The highest BCUT2D eigenvalue weighted by Gasteiger charge is 2.46. The molecule has 1 aromatic heterocycles. The average Bonchev–Trinajstić information content (AvgIpc) is 3.06. The van der Waals surface area contributed by atoms with Crippen LogP contribution in [0.3, 0.4) is 0 Å². The highest BCUT2D eigenvalue weighted by Crippen LogP contribution is 2.38. The minimum Gasteiger partial charge on any atom is -0.480 e. The molecule has 0 saturated heterocycles. The lowest BCUT2D eigenvalue weighted by Gasteiger charge is -2.38. The van der Waals surface area contributed by atoms with Gasteiger partial charge in [0, 0.05) is 16.7 Å². The number of aliphatic carboxylic acids is 1. The number of carbonyl (C=O) groups is 2. The van der Waals surface area contributed by atoms with E-state index >= 15 is 0 Å². The SMILES string of the molecule is O=C(NC1(C(=O)O)CCC1)c1cc(Br)cn1C1CC1. The quantitative estimate of drug-likeness (QED) is 0.891. The van der Waals surface area contributed by atoms with Crippen molar-refractivity contribution < 1.29 is 14.7 Å². The van der Waals surface area contributed by atoms with Gasteiger partial charge in [-0.25, -0.2) is 4.79 Å². The molecule has 1 heterocycles. The molecule has 2 saturated carbocycles. The van der Waals surface area contributed by atoms with E-state index in [0.717, 1.165) is 23.7 Å². The van der Waals surface area contributed by atoms with Crippen LogP contribution in [0.25, 0.3) is 0 Å². The van der Waals surface area contributed by atoms with Crippen molar-refractivity contribution >= 4 is 27.8 Å². The molecule has 6 heteroatoms. The molecule has 0 spiro atoms. The second-order valence-corrected chi connectivity index (χ2v) is 6.29. The van der Waals surface area contributed by atoms with E-state index in [4.69, 9.17) is 0 Å².